The van der Waals surface area contributed by atoms with Gasteiger partial charge in [0.25, 0.3) is 5.22 Å². The van der Waals surface area contributed by atoms with Crippen LogP contribution in [0.5, 0.6) is 0 Å². The number of rotatable bonds is 2. The number of hydrogen-bond donors (Lipinski definition) is 1. The molecule has 6 heteroatoms. The van der Waals surface area contributed by atoms with E-state index in [0.29, 0.717) is 26.9 Å². The number of halogens is 1. The Morgan fingerprint density at radius 2 is 2.10 bits per heavy atom. The summed E-state index contributed by atoms with van der Waals surface area (Å²) in [7, 11) is 0. The lowest BCUT2D eigenvalue weighted by Crippen LogP contribution is -1.84. The third kappa shape index (κ3) is 2.31. The molecule has 0 spiro atoms. The minimum absolute atomic E-state index is 0.247. The van der Waals surface area contributed by atoms with E-state index in [2.05, 4.69) is 4.98 Å². The molecule has 2 N–H and O–H groups in total. The fraction of sp³-hybridized carbons (Fsp3) is 0. The number of fused-ring (bicyclic) bond motifs is 1. The molecule has 1 aromatic heterocycles. The number of nitrogen functional groups attached to an aromatic ring is 1. The van der Waals surface area contributed by atoms with Gasteiger partial charge in [0.1, 0.15) is 17.4 Å². The zero-order chi connectivity index (χ0) is 14.1. The van der Waals surface area contributed by atoms with Gasteiger partial charge >= 0.3 is 0 Å². The maximum absolute atomic E-state index is 13.1. The van der Waals surface area contributed by atoms with Crippen LogP contribution in [0.2, 0.25) is 0 Å². The Morgan fingerprint density at radius 3 is 2.90 bits per heavy atom. The van der Waals surface area contributed by atoms with Gasteiger partial charge in [-0.1, -0.05) is 0 Å². The smallest absolute Gasteiger partial charge is 0.261 e. The Kier molecular flexibility index (Phi) is 3.05. The summed E-state index contributed by atoms with van der Waals surface area (Å²) in [6.07, 6.45) is 0. The molecule has 0 aliphatic rings. The van der Waals surface area contributed by atoms with Gasteiger partial charge in [0.2, 0.25) is 0 Å². The number of oxazole rings is 1. The molecule has 0 atom stereocenters. The topological polar surface area (TPSA) is 75.8 Å². The second kappa shape index (κ2) is 4.87. The molecule has 0 radical (unpaired) electrons. The lowest BCUT2D eigenvalue weighted by molar-refractivity contribution is 0.489. The summed E-state index contributed by atoms with van der Waals surface area (Å²) in [6.45, 7) is 0. The summed E-state index contributed by atoms with van der Waals surface area (Å²) in [4.78, 5) is 4.87. The van der Waals surface area contributed by atoms with Crippen molar-refractivity contribution in [1.29, 1.82) is 5.26 Å². The van der Waals surface area contributed by atoms with Crippen LogP contribution >= 0.6 is 11.8 Å². The summed E-state index contributed by atoms with van der Waals surface area (Å²) in [6, 6.07) is 11.1. The molecule has 0 unspecified atom stereocenters. The first-order valence-corrected chi connectivity index (χ1v) is 6.51. The molecule has 20 heavy (non-hydrogen) atoms. The van der Waals surface area contributed by atoms with Crippen LogP contribution in [0.25, 0.3) is 11.1 Å². The van der Waals surface area contributed by atoms with Gasteiger partial charge in [-0.2, -0.15) is 5.26 Å². The number of aromatic nitrogens is 1. The predicted molar refractivity (Wildman–Crippen MR) is 73.7 cm³/mol. The van der Waals surface area contributed by atoms with Gasteiger partial charge in [0.15, 0.2) is 5.58 Å². The summed E-state index contributed by atoms with van der Waals surface area (Å²) in [5.41, 5.74) is 7.78. The number of hydrogen-bond acceptors (Lipinski definition) is 5. The highest BCUT2D eigenvalue weighted by atomic mass is 32.2. The lowest BCUT2D eigenvalue weighted by atomic mass is 10.2. The Labute approximate surface area is 118 Å². The van der Waals surface area contributed by atoms with Crippen molar-refractivity contribution in [3.8, 4) is 6.07 Å². The first-order valence-electron chi connectivity index (χ1n) is 5.69. The molecule has 1 heterocycles. The van der Waals surface area contributed by atoms with Crippen LogP contribution in [0.1, 0.15) is 5.56 Å². The highest BCUT2D eigenvalue weighted by Gasteiger charge is 2.11. The minimum Gasteiger partial charge on any atom is -0.431 e. The molecule has 3 aromatic rings. The normalized spacial score (nSPS) is 10.6. The number of nitrogens with zero attached hydrogens (tertiary/aromatic N) is 2. The maximum atomic E-state index is 13.1. The van der Waals surface area contributed by atoms with E-state index in [1.165, 1.54) is 30.0 Å². The monoisotopic (exact) mass is 285 g/mol. The number of anilines is 1. The molecule has 0 saturated heterocycles. The van der Waals surface area contributed by atoms with Crippen LogP contribution in [-0.4, -0.2) is 4.98 Å². The number of benzene rings is 2. The van der Waals surface area contributed by atoms with Crippen LogP contribution in [-0.2, 0) is 0 Å². The quantitative estimate of drug-likeness (QED) is 0.728. The molecule has 0 aliphatic carbocycles. The standard InChI is InChI=1S/C14H8FN3OS/c15-9-1-4-13(8(5-9)7-16)20-14-18-11-6-10(17)2-3-12(11)19-14/h1-6H,17H2. The molecular formula is C14H8FN3OS. The SMILES string of the molecule is N#Cc1cc(F)ccc1Sc1nc2cc(N)ccc2o1. The average molecular weight is 285 g/mol. The van der Waals surface area contributed by atoms with Crippen LogP contribution in [0, 0.1) is 17.1 Å². The van der Waals surface area contributed by atoms with Gasteiger partial charge in [-0.05, 0) is 48.2 Å². The van der Waals surface area contributed by atoms with Crippen molar-refractivity contribution >= 4 is 28.5 Å². The van der Waals surface area contributed by atoms with Crippen molar-refractivity contribution in [3.63, 3.8) is 0 Å². The predicted octanol–water partition coefficient (Wildman–Crippen LogP) is 3.57. The van der Waals surface area contributed by atoms with Crippen molar-refractivity contribution in [3.05, 3.63) is 47.8 Å². The van der Waals surface area contributed by atoms with Crippen molar-refractivity contribution in [2.24, 2.45) is 0 Å². The Bertz CT molecular complexity index is 838. The number of nitrogens with two attached hydrogens (primary N) is 1. The van der Waals surface area contributed by atoms with E-state index in [-0.39, 0.29) is 5.56 Å². The fourth-order valence-corrected chi connectivity index (χ4v) is 2.55. The Balaban J connectivity index is 1.99. The molecule has 98 valence electrons. The van der Waals surface area contributed by atoms with Gasteiger partial charge < -0.3 is 10.2 Å². The van der Waals surface area contributed by atoms with E-state index in [1.807, 2.05) is 6.07 Å². The molecule has 0 aliphatic heterocycles. The van der Waals surface area contributed by atoms with E-state index in [1.54, 1.807) is 18.2 Å². The van der Waals surface area contributed by atoms with Crippen molar-refractivity contribution in [1.82, 2.24) is 4.98 Å². The summed E-state index contributed by atoms with van der Waals surface area (Å²) >= 11 is 1.17. The fourth-order valence-electron chi connectivity index (χ4n) is 1.74. The molecular weight excluding hydrogens is 277 g/mol. The van der Waals surface area contributed by atoms with Crippen molar-refractivity contribution in [2.75, 3.05) is 5.73 Å². The largest absolute Gasteiger partial charge is 0.431 e. The maximum Gasteiger partial charge on any atom is 0.261 e. The van der Waals surface area contributed by atoms with Gasteiger partial charge in [0.05, 0.1) is 5.56 Å². The second-order valence-electron chi connectivity index (χ2n) is 4.06. The number of nitriles is 1. The van der Waals surface area contributed by atoms with E-state index in [4.69, 9.17) is 15.4 Å². The minimum atomic E-state index is -0.448. The molecule has 4 nitrogen and oxygen atoms in total. The van der Waals surface area contributed by atoms with E-state index >= 15 is 0 Å². The highest BCUT2D eigenvalue weighted by molar-refractivity contribution is 7.99. The van der Waals surface area contributed by atoms with Gasteiger partial charge in [-0.15, -0.1) is 0 Å². The van der Waals surface area contributed by atoms with Crippen LogP contribution in [0.3, 0.4) is 0 Å². The molecule has 0 fully saturated rings. The van der Waals surface area contributed by atoms with E-state index in [9.17, 15) is 4.39 Å². The average Bonchev–Trinajstić information content (AvgIpc) is 2.82. The van der Waals surface area contributed by atoms with Crippen LogP contribution < -0.4 is 5.73 Å². The summed E-state index contributed by atoms with van der Waals surface area (Å²) < 4.78 is 18.6. The molecule has 0 bridgehead atoms. The first kappa shape index (κ1) is 12.5. The third-order valence-corrected chi connectivity index (χ3v) is 3.58. The Hall–Kier alpha value is -2.52. The molecule has 2 aromatic carbocycles. The van der Waals surface area contributed by atoms with Gasteiger partial charge in [0, 0.05) is 10.6 Å². The lowest BCUT2D eigenvalue weighted by Gasteiger charge is -1.99. The first-order chi connectivity index (χ1) is 9.65. The van der Waals surface area contributed by atoms with Crippen molar-refractivity contribution < 1.29 is 8.81 Å². The van der Waals surface area contributed by atoms with Crippen LogP contribution in [0.4, 0.5) is 10.1 Å². The van der Waals surface area contributed by atoms with Crippen molar-refractivity contribution in [2.45, 2.75) is 10.1 Å². The molecule has 0 saturated carbocycles. The Morgan fingerprint density at radius 1 is 1.25 bits per heavy atom. The van der Waals surface area contributed by atoms with Gasteiger partial charge in [-0.25, -0.2) is 9.37 Å². The third-order valence-electron chi connectivity index (χ3n) is 2.65. The molecule has 0 amide bonds. The summed E-state index contributed by atoms with van der Waals surface area (Å²) in [5, 5.41) is 9.38. The second-order valence-corrected chi connectivity index (χ2v) is 5.05. The van der Waals surface area contributed by atoms with E-state index in [0.717, 1.165) is 0 Å². The zero-order valence-electron chi connectivity index (χ0n) is 10.1. The summed E-state index contributed by atoms with van der Waals surface area (Å²) in [5.74, 6) is -0.448. The zero-order valence-corrected chi connectivity index (χ0v) is 10.9. The highest BCUT2D eigenvalue weighted by Crippen LogP contribution is 2.32. The van der Waals surface area contributed by atoms with Gasteiger partial charge in [-0.3, -0.25) is 0 Å². The van der Waals surface area contributed by atoms with Crippen LogP contribution in [0.15, 0.2) is 50.9 Å². The van der Waals surface area contributed by atoms with E-state index < -0.39 is 5.82 Å². The molecule has 3 rings (SSSR count).